The number of esters is 1. The predicted octanol–water partition coefficient (Wildman–Crippen LogP) is 0.484. The Balaban J connectivity index is 1.60. The first-order valence-electron chi connectivity index (χ1n) is 8.13. The van der Waals surface area contributed by atoms with Crippen LogP contribution in [-0.2, 0) is 16.1 Å². The Labute approximate surface area is 135 Å². The molecule has 2 N–H and O–H groups in total. The standard InChI is InChI=1S/C16H23N3O4/c1-2-21-16(20)12-9-17-4-3-13(12)19-8-11-7-14-15(10-18-11)23-6-5-22-14/h7,10,12-13,17,19H,2-6,8-9H2,1H3/t12-,13+/m1/s1. The van der Waals surface area contributed by atoms with E-state index in [9.17, 15) is 4.79 Å². The number of piperidine rings is 1. The van der Waals surface area contributed by atoms with Gasteiger partial charge in [0.1, 0.15) is 13.2 Å². The zero-order valence-corrected chi connectivity index (χ0v) is 13.3. The van der Waals surface area contributed by atoms with E-state index in [1.165, 1.54) is 0 Å². The summed E-state index contributed by atoms with van der Waals surface area (Å²) in [7, 11) is 0. The van der Waals surface area contributed by atoms with Gasteiger partial charge in [-0.3, -0.25) is 9.78 Å². The van der Waals surface area contributed by atoms with Crippen molar-refractivity contribution < 1.29 is 19.0 Å². The van der Waals surface area contributed by atoms with E-state index >= 15 is 0 Å². The van der Waals surface area contributed by atoms with E-state index in [4.69, 9.17) is 14.2 Å². The van der Waals surface area contributed by atoms with E-state index in [-0.39, 0.29) is 17.9 Å². The molecule has 7 heteroatoms. The zero-order valence-electron chi connectivity index (χ0n) is 13.3. The van der Waals surface area contributed by atoms with Crippen molar-refractivity contribution in [2.24, 2.45) is 5.92 Å². The number of nitrogens with one attached hydrogen (secondary N) is 2. The number of hydrogen-bond donors (Lipinski definition) is 2. The molecule has 1 aromatic rings. The molecule has 2 atom stereocenters. The van der Waals surface area contributed by atoms with Gasteiger partial charge in [-0.05, 0) is 19.9 Å². The summed E-state index contributed by atoms with van der Waals surface area (Å²) in [6.45, 7) is 5.47. The summed E-state index contributed by atoms with van der Waals surface area (Å²) in [5, 5.41) is 6.68. The topological polar surface area (TPSA) is 81.7 Å². The summed E-state index contributed by atoms with van der Waals surface area (Å²) >= 11 is 0. The van der Waals surface area contributed by atoms with Crippen LogP contribution in [0.5, 0.6) is 11.5 Å². The number of aromatic nitrogens is 1. The third kappa shape index (κ3) is 3.92. The lowest BCUT2D eigenvalue weighted by Gasteiger charge is -2.31. The normalized spacial score (nSPS) is 23.3. The van der Waals surface area contributed by atoms with Crippen LogP contribution in [0.3, 0.4) is 0 Å². The Kier molecular flexibility index (Phi) is 5.30. The van der Waals surface area contributed by atoms with E-state index < -0.39 is 0 Å². The van der Waals surface area contributed by atoms with Crippen molar-refractivity contribution in [3.63, 3.8) is 0 Å². The Morgan fingerprint density at radius 1 is 1.43 bits per heavy atom. The molecule has 0 aromatic carbocycles. The van der Waals surface area contributed by atoms with Crippen molar-refractivity contribution in [3.8, 4) is 11.5 Å². The van der Waals surface area contributed by atoms with Gasteiger partial charge in [0.05, 0.1) is 24.4 Å². The van der Waals surface area contributed by atoms with Crippen LogP contribution in [0.2, 0.25) is 0 Å². The molecule has 3 rings (SSSR count). The van der Waals surface area contributed by atoms with Crippen molar-refractivity contribution in [1.82, 2.24) is 15.6 Å². The molecule has 3 heterocycles. The summed E-state index contributed by atoms with van der Waals surface area (Å²) in [4.78, 5) is 16.4. The molecule has 126 valence electrons. The van der Waals surface area contributed by atoms with Crippen LogP contribution in [0, 0.1) is 5.92 Å². The first-order chi connectivity index (χ1) is 11.3. The average molecular weight is 321 g/mol. The molecule has 1 aromatic heterocycles. The van der Waals surface area contributed by atoms with Crippen LogP contribution < -0.4 is 20.1 Å². The third-order valence-corrected chi connectivity index (χ3v) is 4.10. The Morgan fingerprint density at radius 3 is 3.09 bits per heavy atom. The van der Waals surface area contributed by atoms with Gasteiger partial charge in [-0.15, -0.1) is 0 Å². The minimum atomic E-state index is -0.166. The van der Waals surface area contributed by atoms with E-state index in [0.29, 0.717) is 38.7 Å². The fourth-order valence-corrected chi connectivity index (χ4v) is 2.92. The minimum Gasteiger partial charge on any atom is -0.486 e. The van der Waals surface area contributed by atoms with Crippen molar-refractivity contribution >= 4 is 5.97 Å². The zero-order chi connectivity index (χ0) is 16.1. The van der Waals surface area contributed by atoms with Crippen LogP contribution in [0.15, 0.2) is 12.3 Å². The Morgan fingerprint density at radius 2 is 2.26 bits per heavy atom. The minimum absolute atomic E-state index is 0.0882. The van der Waals surface area contributed by atoms with E-state index in [2.05, 4.69) is 15.6 Å². The molecule has 0 unspecified atom stereocenters. The number of carbonyl (C=O) groups excluding carboxylic acids is 1. The maximum atomic E-state index is 12.1. The van der Waals surface area contributed by atoms with Crippen molar-refractivity contribution in [2.45, 2.75) is 25.9 Å². The van der Waals surface area contributed by atoms with Crippen LogP contribution in [0.1, 0.15) is 19.0 Å². The van der Waals surface area contributed by atoms with Crippen LogP contribution in [0.4, 0.5) is 0 Å². The van der Waals surface area contributed by atoms with Gasteiger partial charge in [0.25, 0.3) is 0 Å². The second-order valence-electron chi connectivity index (χ2n) is 5.66. The molecular formula is C16H23N3O4. The van der Waals surface area contributed by atoms with Gasteiger partial charge in [-0.25, -0.2) is 0 Å². The first-order valence-corrected chi connectivity index (χ1v) is 8.13. The Hall–Kier alpha value is -1.86. The lowest BCUT2D eigenvalue weighted by molar-refractivity contribution is -0.149. The quantitative estimate of drug-likeness (QED) is 0.764. The number of pyridine rings is 1. The molecule has 0 bridgehead atoms. The molecule has 1 saturated heterocycles. The lowest BCUT2D eigenvalue weighted by atomic mass is 9.93. The molecular weight excluding hydrogens is 298 g/mol. The fraction of sp³-hybridized carbons (Fsp3) is 0.625. The van der Waals surface area contributed by atoms with E-state index in [1.807, 2.05) is 13.0 Å². The van der Waals surface area contributed by atoms with Crippen LogP contribution >= 0.6 is 0 Å². The molecule has 0 saturated carbocycles. The predicted molar refractivity (Wildman–Crippen MR) is 83.5 cm³/mol. The molecule has 0 amide bonds. The second-order valence-corrected chi connectivity index (χ2v) is 5.66. The van der Waals surface area contributed by atoms with Crippen LogP contribution in [-0.4, -0.2) is 49.9 Å². The monoisotopic (exact) mass is 321 g/mol. The van der Waals surface area contributed by atoms with Crippen LogP contribution in [0.25, 0.3) is 0 Å². The first kappa shape index (κ1) is 16.0. The molecule has 0 radical (unpaired) electrons. The summed E-state index contributed by atoms with van der Waals surface area (Å²) in [6, 6.07) is 1.98. The third-order valence-electron chi connectivity index (χ3n) is 4.10. The van der Waals surface area contributed by atoms with Gasteiger partial charge in [0.2, 0.25) is 0 Å². The van der Waals surface area contributed by atoms with Gasteiger partial charge in [-0.2, -0.15) is 0 Å². The van der Waals surface area contributed by atoms with Gasteiger partial charge in [0, 0.05) is 25.2 Å². The highest BCUT2D eigenvalue weighted by molar-refractivity contribution is 5.73. The highest BCUT2D eigenvalue weighted by atomic mass is 16.6. The number of fused-ring (bicyclic) bond motifs is 1. The molecule has 0 spiro atoms. The summed E-state index contributed by atoms with van der Waals surface area (Å²) in [5.74, 6) is 1.11. The molecule has 2 aliphatic rings. The van der Waals surface area contributed by atoms with Gasteiger partial charge in [0.15, 0.2) is 11.5 Å². The SMILES string of the molecule is CCOC(=O)[C@@H]1CNCC[C@@H]1NCc1cc2c(cn1)OCCO2. The number of carbonyl (C=O) groups is 1. The highest BCUT2D eigenvalue weighted by Gasteiger charge is 2.31. The number of rotatable bonds is 5. The Bertz CT molecular complexity index is 552. The highest BCUT2D eigenvalue weighted by Crippen LogP contribution is 2.29. The molecule has 2 aliphatic heterocycles. The molecule has 23 heavy (non-hydrogen) atoms. The van der Waals surface area contributed by atoms with Gasteiger partial charge in [-0.1, -0.05) is 0 Å². The van der Waals surface area contributed by atoms with Crippen molar-refractivity contribution in [2.75, 3.05) is 32.9 Å². The average Bonchev–Trinajstić information content (AvgIpc) is 2.60. The second kappa shape index (κ2) is 7.61. The fourth-order valence-electron chi connectivity index (χ4n) is 2.92. The summed E-state index contributed by atoms with van der Waals surface area (Å²) in [6.07, 6.45) is 2.57. The van der Waals surface area contributed by atoms with E-state index in [0.717, 1.165) is 24.4 Å². The summed E-state index contributed by atoms with van der Waals surface area (Å²) in [5.41, 5.74) is 0.871. The largest absolute Gasteiger partial charge is 0.486 e. The molecule has 0 aliphatic carbocycles. The maximum Gasteiger partial charge on any atom is 0.311 e. The van der Waals surface area contributed by atoms with Crippen molar-refractivity contribution in [1.29, 1.82) is 0 Å². The summed E-state index contributed by atoms with van der Waals surface area (Å²) < 4.78 is 16.2. The number of nitrogens with zero attached hydrogens (tertiary/aromatic N) is 1. The maximum absolute atomic E-state index is 12.1. The van der Waals surface area contributed by atoms with Crippen molar-refractivity contribution in [3.05, 3.63) is 18.0 Å². The number of ether oxygens (including phenoxy) is 3. The smallest absolute Gasteiger partial charge is 0.311 e. The van der Waals surface area contributed by atoms with E-state index in [1.54, 1.807) is 6.20 Å². The van der Waals surface area contributed by atoms with Gasteiger partial charge >= 0.3 is 5.97 Å². The van der Waals surface area contributed by atoms with Gasteiger partial charge < -0.3 is 24.8 Å². The molecule has 7 nitrogen and oxygen atoms in total. The molecule has 1 fully saturated rings. The number of hydrogen-bond acceptors (Lipinski definition) is 7. The lowest BCUT2D eigenvalue weighted by Crippen LogP contribution is -2.51.